The van der Waals surface area contributed by atoms with Crippen molar-refractivity contribution in [3.8, 4) is 0 Å². The van der Waals surface area contributed by atoms with E-state index >= 15 is 0 Å². The lowest BCUT2D eigenvalue weighted by atomic mass is 10.2. The Kier molecular flexibility index (Phi) is 4.25. The number of esters is 1. The number of aliphatic hydroxyl groups is 1. The molecule has 1 aromatic heterocycles. The molecule has 0 amide bonds. The Bertz CT molecular complexity index is 539. The average Bonchev–Trinajstić information content (AvgIpc) is 2.88. The average molecular weight is 261 g/mol. The third-order valence-electron chi connectivity index (χ3n) is 2.53. The molecule has 1 heterocycles. The first-order chi connectivity index (χ1) is 9.20. The summed E-state index contributed by atoms with van der Waals surface area (Å²) in [6.45, 7) is 2.42. The van der Waals surface area contributed by atoms with Gasteiger partial charge >= 0.3 is 5.97 Å². The third-order valence-corrected chi connectivity index (χ3v) is 2.53. The van der Waals surface area contributed by atoms with E-state index in [1.165, 1.54) is 6.20 Å². The maximum Gasteiger partial charge on any atom is 0.341 e. The monoisotopic (exact) mass is 261 g/mol. The SMILES string of the molecule is CCOC(=O)C(O)c1cn(Cc2ccccc2)nn1. The van der Waals surface area contributed by atoms with E-state index in [2.05, 4.69) is 10.3 Å². The van der Waals surface area contributed by atoms with Crippen LogP contribution < -0.4 is 0 Å². The first kappa shape index (κ1) is 13.2. The van der Waals surface area contributed by atoms with Gasteiger partial charge in [0.2, 0.25) is 0 Å². The van der Waals surface area contributed by atoms with Crippen LogP contribution in [0.3, 0.4) is 0 Å². The first-order valence-electron chi connectivity index (χ1n) is 5.99. The standard InChI is InChI=1S/C13H15N3O3/c1-2-19-13(18)12(17)11-9-16(15-14-11)8-10-6-4-3-5-7-10/h3-7,9,12,17H,2,8H2,1H3. The molecule has 0 fully saturated rings. The number of nitrogens with zero attached hydrogens (tertiary/aromatic N) is 3. The molecule has 0 aliphatic rings. The Hall–Kier alpha value is -2.21. The Labute approximate surface area is 110 Å². The van der Waals surface area contributed by atoms with Crippen LogP contribution in [0.25, 0.3) is 0 Å². The van der Waals surface area contributed by atoms with Crippen LogP contribution >= 0.6 is 0 Å². The van der Waals surface area contributed by atoms with Crippen molar-refractivity contribution < 1.29 is 14.6 Å². The van der Waals surface area contributed by atoms with Crippen LogP contribution in [-0.4, -0.2) is 32.7 Å². The second kappa shape index (κ2) is 6.10. The van der Waals surface area contributed by atoms with Gasteiger partial charge in [0, 0.05) is 0 Å². The Morgan fingerprint density at radius 3 is 2.84 bits per heavy atom. The minimum atomic E-state index is -1.38. The van der Waals surface area contributed by atoms with Gasteiger partial charge in [-0.1, -0.05) is 35.5 Å². The maximum absolute atomic E-state index is 11.4. The molecule has 6 nitrogen and oxygen atoms in total. The fourth-order valence-electron chi connectivity index (χ4n) is 1.63. The molecule has 0 radical (unpaired) electrons. The molecule has 0 aliphatic heterocycles. The molecule has 1 atom stereocenters. The van der Waals surface area contributed by atoms with Crippen molar-refractivity contribution in [1.29, 1.82) is 0 Å². The minimum Gasteiger partial charge on any atom is -0.464 e. The number of carbonyl (C=O) groups is 1. The second-order valence-corrected chi connectivity index (χ2v) is 3.98. The highest BCUT2D eigenvalue weighted by Crippen LogP contribution is 2.11. The fourth-order valence-corrected chi connectivity index (χ4v) is 1.63. The van der Waals surface area contributed by atoms with Crippen LogP contribution in [0.15, 0.2) is 36.5 Å². The summed E-state index contributed by atoms with van der Waals surface area (Å²) >= 11 is 0. The van der Waals surface area contributed by atoms with Gasteiger partial charge in [-0.05, 0) is 12.5 Å². The first-order valence-corrected chi connectivity index (χ1v) is 5.99. The zero-order valence-corrected chi connectivity index (χ0v) is 10.6. The lowest BCUT2D eigenvalue weighted by molar-refractivity contribution is -0.153. The predicted molar refractivity (Wildman–Crippen MR) is 67.2 cm³/mol. The summed E-state index contributed by atoms with van der Waals surface area (Å²) in [6.07, 6.45) is 0.152. The van der Waals surface area contributed by atoms with Gasteiger partial charge in [0.15, 0.2) is 6.10 Å². The zero-order valence-electron chi connectivity index (χ0n) is 10.6. The smallest absolute Gasteiger partial charge is 0.341 e. The molecular formula is C13H15N3O3. The molecular weight excluding hydrogens is 246 g/mol. The van der Waals surface area contributed by atoms with Gasteiger partial charge in [0.05, 0.1) is 19.3 Å². The van der Waals surface area contributed by atoms with Crippen molar-refractivity contribution in [2.75, 3.05) is 6.61 Å². The molecule has 2 aromatic rings. The lowest BCUT2D eigenvalue weighted by Gasteiger charge is -2.05. The number of rotatable bonds is 5. The molecule has 0 spiro atoms. The quantitative estimate of drug-likeness (QED) is 0.810. The van der Waals surface area contributed by atoms with E-state index in [1.807, 2.05) is 30.3 Å². The second-order valence-electron chi connectivity index (χ2n) is 3.98. The highest BCUT2D eigenvalue weighted by molar-refractivity contribution is 5.75. The van der Waals surface area contributed by atoms with Crippen molar-refractivity contribution in [3.05, 3.63) is 47.8 Å². The van der Waals surface area contributed by atoms with Gasteiger partial charge in [-0.15, -0.1) is 5.10 Å². The summed E-state index contributed by atoms with van der Waals surface area (Å²) in [7, 11) is 0. The highest BCUT2D eigenvalue weighted by atomic mass is 16.5. The van der Waals surface area contributed by atoms with E-state index in [9.17, 15) is 9.90 Å². The number of aromatic nitrogens is 3. The molecule has 6 heteroatoms. The van der Waals surface area contributed by atoms with E-state index in [0.717, 1.165) is 5.56 Å². The van der Waals surface area contributed by atoms with Gasteiger partial charge in [-0.3, -0.25) is 0 Å². The number of hydrogen-bond donors (Lipinski definition) is 1. The highest BCUT2D eigenvalue weighted by Gasteiger charge is 2.21. The van der Waals surface area contributed by atoms with Gasteiger partial charge < -0.3 is 9.84 Å². The number of ether oxygens (including phenoxy) is 1. The molecule has 1 aromatic carbocycles. The fraction of sp³-hybridized carbons (Fsp3) is 0.308. The number of hydrogen-bond acceptors (Lipinski definition) is 5. The number of carbonyl (C=O) groups excluding carboxylic acids is 1. The molecule has 0 saturated carbocycles. The van der Waals surface area contributed by atoms with Crippen LogP contribution in [0, 0.1) is 0 Å². The van der Waals surface area contributed by atoms with Crippen LogP contribution in [0.4, 0.5) is 0 Å². The van der Waals surface area contributed by atoms with E-state index < -0.39 is 12.1 Å². The lowest BCUT2D eigenvalue weighted by Crippen LogP contribution is -2.15. The molecule has 2 rings (SSSR count). The molecule has 1 N–H and O–H groups in total. The summed E-state index contributed by atoms with van der Waals surface area (Å²) in [5, 5.41) is 17.4. The van der Waals surface area contributed by atoms with Crippen molar-refractivity contribution in [1.82, 2.24) is 15.0 Å². The van der Waals surface area contributed by atoms with Crippen molar-refractivity contribution in [2.24, 2.45) is 0 Å². The van der Waals surface area contributed by atoms with Crippen LogP contribution in [-0.2, 0) is 16.1 Å². The van der Waals surface area contributed by atoms with Crippen LogP contribution in [0.5, 0.6) is 0 Å². The van der Waals surface area contributed by atoms with Crippen molar-refractivity contribution >= 4 is 5.97 Å². The summed E-state index contributed by atoms with van der Waals surface area (Å²) in [5.41, 5.74) is 1.25. The van der Waals surface area contributed by atoms with Crippen LogP contribution in [0.1, 0.15) is 24.3 Å². The van der Waals surface area contributed by atoms with Crippen molar-refractivity contribution in [3.63, 3.8) is 0 Å². The molecule has 0 saturated heterocycles. The van der Waals surface area contributed by atoms with Gasteiger partial charge in [-0.2, -0.15) is 0 Å². The Morgan fingerprint density at radius 2 is 2.16 bits per heavy atom. The molecule has 1 unspecified atom stereocenters. The number of aliphatic hydroxyl groups excluding tert-OH is 1. The van der Waals surface area contributed by atoms with E-state index in [-0.39, 0.29) is 12.3 Å². The van der Waals surface area contributed by atoms with E-state index in [4.69, 9.17) is 4.74 Å². The molecule has 0 bridgehead atoms. The van der Waals surface area contributed by atoms with Gasteiger partial charge in [0.25, 0.3) is 0 Å². The van der Waals surface area contributed by atoms with Gasteiger partial charge in [-0.25, -0.2) is 9.48 Å². The Morgan fingerprint density at radius 1 is 1.42 bits per heavy atom. The van der Waals surface area contributed by atoms with E-state index in [0.29, 0.717) is 6.54 Å². The largest absolute Gasteiger partial charge is 0.464 e. The van der Waals surface area contributed by atoms with E-state index in [1.54, 1.807) is 11.6 Å². The maximum atomic E-state index is 11.4. The van der Waals surface area contributed by atoms with Crippen LogP contribution in [0.2, 0.25) is 0 Å². The third kappa shape index (κ3) is 3.38. The molecule has 19 heavy (non-hydrogen) atoms. The Balaban J connectivity index is 2.05. The zero-order chi connectivity index (χ0) is 13.7. The minimum absolute atomic E-state index is 0.189. The summed E-state index contributed by atoms with van der Waals surface area (Å²) < 4.78 is 6.28. The normalized spacial score (nSPS) is 12.1. The van der Waals surface area contributed by atoms with Gasteiger partial charge in [0.1, 0.15) is 5.69 Å². The molecule has 100 valence electrons. The number of benzene rings is 1. The van der Waals surface area contributed by atoms with Crippen molar-refractivity contribution in [2.45, 2.75) is 19.6 Å². The molecule has 0 aliphatic carbocycles. The summed E-state index contributed by atoms with van der Waals surface area (Å²) in [5.74, 6) is -0.714. The summed E-state index contributed by atoms with van der Waals surface area (Å²) in [4.78, 5) is 11.4. The predicted octanol–water partition coefficient (Wildman–Crippen LogP) is 0.923. The topological polar surface area (TPSA) is 77.2 Å². The summed E-state index contributed by atoms with van der Waals surface area (Å²) in [6, 6.07) is 9.72.